The number of pyridine rings is 1. The second kappa shape index (κ2) is 7.58. The second-order valence-electron chi connectivity index (χ2n) is 4.77. The minimum absolute atomic E-state index is 0.0454. The van der Waals surface area contributed by atoms with Gasteiger partial charge in [-0.1, -0.05) is 0 Å². The van der Waals surface area contributed by atoms with Crippen molar-refractivity contribution in [1.29, 1.82) is 0 Å². The Bertz CT molecular complexity index is 499. The van der Waals surface area contributed by atoms with E-state index in [4.69, 9.17) is 4.84 Å². The maximum atomic E-state index is 11.9. The lowest BCUT2D eigenvalue weighted by atomic mass is 10.2. The van der Waals surface area contributed by atoms with E-state index in [0.29, 0.717) is 13.2 Å². The third-order valence-electron chi connectivity index (χ3n) is 3.16. The molecular formula is C14H19N3O4. The lowest BCUT2D eigenvalue weighted by Gasteiger charge is -2.19. The molecule has 2 N–H and O–H groups in total. The van der Waals surface area contributed by atoms with Crippen molar-refractivity contribution < 1.29 is 19.5 Å². The Kier molecular flexibility index (Phi) is 5.51. The van der Waals surface area contributed by atoms with Crippen molar-refractivity contribution >= 4 is 11.8 Å². The Morgan fingerprint density at radius 2 is 2.24 bits per heavy atom. The van der Waals surface area contributed by atoms with Crippen LogP contribution in [0.25, 0.3) is 0 Å². The molecule has 1 aliphatic rings. The van der Waals surface area contributed by atoms with Crippen LogP contribution >= 0.6 is 0 Å². The number of hydrogen-bond donors (Lipinski definition) is 2. The fourth-order valence-electron chi connectivity index (χ4n) is 2.03. The molecule has 1 aromatic rings. The first-order valence-corrected chi connectivity index (χ1v) is 7.04. The number of carbonyl (C=O) groups is 2. The number of aromatic hydroxyl groups is 1. The number of aromatic nitrogens is 1. The van der Waals surface area contributed by atoms with Crippen LogP contribution in [0.2, 0.25) is 0 Å². The van der Waals surface area contributed by atoms with Crippen molar-refractivity contribution in [1.82, 2.24) is 15.4 Å². The van der Waals surface area contributed by atoms with Gasteiger partial charge in [-0.2, -0.15) is 0 Å². The van der Waals surface area contributed by atoms with E-state index in [0.717, 1.165) is 19.3 Å². The summed E-state index contributed by atoms with van der Waals surface area (Å²) in [4.78, 5) is 32.8. The molecule has 0 aromatic carbocycles. The van der Waals surface area contributed by atoms with Crippen LogP contribution in [0, 0.1) is 0 Å². The average molecular weight is 293 g/mol. The standard InChI is InChI=1S/C14H19N3O4/c18-11-5-4-7-15-13(11)14(20)16-8-6-12(19)17-9-2-1-3-10-21-17/h4-5,7,18H,1-3,6,8-10H2,(H,16,20). The molecular weight excluding hydrogens is 274 g/mol. The van der Waals surface area contributed by atoms with Gasteiger partial charge in [0, 0.05) is 25.7 Å². The molecule has 1 aromatic heterocycles. The number of carbonyl (C=O) groups excluding carboxylic acids is 2. The molecule has 0 unspecified atom stereocenters. The quantitative estimate of drug-likeness (QED) is 0.858. The van der Waals surface area contributed by atoms with Gasteiger partial charge in [-0.25, -0.2) is 10.0 Å². The number of hydroxylamine groups is 2. The SMILES string of the molecule is O=C(NCCC(=O)N1CCCCCO1)c1ncccc1O. The first kappa shape index (κ1) is 15.2. The minimum Gasteiger partial charge on any atom is -0.505 e. The van der Waals surface area contributed by atoms with Gasteiger partial charge >= 0.3 is 0 Å². The molecule has 0 bridgehead atoms. The Balaban J connectivity index is 1.77. The number of nitrogens with zero attached hydrogens (tertiary/aromatic N) is 2. The molecule has 21 heavy (non-hydrogen) atoms. The highest BCUT2D eigenvalue weighted by molar-refractivity contribution is 5.94. The predicted octanol–water partition coefficient (Wildman–Crippen LogP) is 0.851. The highest BCUT2D eigenvalue weighted by Gasteiger charge is 2.17. The van der Waals surface area contributed by atoms with Crippen LogP contribution in [0.15, 0.2) is 18.3 Å². The highest BCUT2D eigenvalue weighted by atomic mass is 16.7. The summed E-state index contributed by atoms with van der Waals surface area (Å²) in [6, 6.07) is 2.92. The second-order valence-corrected chi connectivity index (χ2v) is 4.77. The number of hydrogen-bond acceptors (Lipinski definition) is 5. The molecule has 1 saturated heterocycles. The fourth-order valence-corrected chi connectivity index (χ4v) is 2.03. The van der Waals surface area contributed by atoms with Crippen molar-refractivity contribution in [2.45, 2.75) is 25.7 Å². The molecule has 114 valence electrons. The maximum absolute atomic E-state index is 11.9. The predicted molar refractivity (Wildman–Crippen MR) is 74.4 cm³/mol. The summed E-state index contributed by atoms with van der Waals surface area (Å²) < 4.78 is 0. The van der Waals surface area contributed by atoms with Gasteiger partial charge in [0.05, 0.1) is 6.61 Å². The third-order valence-corrected chi connectivity index (χ3v) is 3.16. The molecule has 2 amide bonds. The van der Waals surface area contributed by atoms with Gasteiger partial charge in [0.25, 0.3) is 5.91 Å². The zero-order chi connectivity index (χ0) is 15.1. The van der Waals surface area contributed by atoms with E-state index in [-0.39, 0.29) is 30.3 Å². The van der Waals surface area contributed by atoms with Crippen LogP contribution in [0.1, 0.15) is 36.2 Å². The molecule has 0 spiro atoms. The van der Waals surface area contributed by atoms with Crippen LogP contribution in [0.3, 0.4) is 0 Å². The number of rotatable bonds is 4. The van der Waals surface area contributed by atoms with Crippen LogP contribution < -0.4 is 5.32 Å². The number of nitrogens with one attached hydrogen (secondary N) is 1. The van der Waals surface area contributed by atoms with E-state index in [9.17, 15) is 14.7 Å². The normalized spacial score (nSPS) is 15.3. The summed E-state index contributed by atoms with van der Waals surface area (Å²) in [5.41, 5.74) is -0.0454. The molecule has 0 saturated carbocycles. The molecule has 0 atom stereocenters. The first-order valence-electron chi connectivity index (χ1n) is 7.04. The van der Waals surface area contributed by atoms with Gasteiger partial charge in [-0.15, -0.1) is 0 Å². The topological polar surface area (TPSA) is 91.8 Å². The van der Waals surface area contributed by atoms with Crippen LogP contribution in [-0.2, 0) is 9.63 Å². The van der Waals surface area contributed by atoms with E-state index in [2.05, 4.69) is 10.3 Å². The molecule has 7 heteroatoms. The van der Waals surface area contributed by atoms with Gasteiger partial charge in [-0.3, -0.25) is 14.4 Å². The van der Waals surface area contributed by atoms with Crippen molar-refractivity contribution in [3.05, 3.63) is 24.0 Å². The van der Waals surface area contributed by atoms with Crippen LogP contribution in [-0.4, -0.2) is 46.7 Å². The van der Waals surface area contributed by atoms with E-state index in [1.54, 1.807) is 0 Å². The van der Waals surface area contributed by atoms with Gasteiger partial charge in [0.1, 0.15) is 5.75 Å². The monoisotopic (exact) mass is 293 g/mol. The molecule has 7 nitrogen and oxygen atoms in total. The average Bonchev–Trinajstić information content (AvgIpc) is 2.76. The maximum Gasteiger partial charge on any atom is 0.273 e. The molecule has 2 heterocycles. The minimum atomic E-state index is -0.502. The molecule has 1 aliphatic heterocycles. The van der Waals surface area contributed by atoms with Crippen LogP contribution in [0.5, 0.6) is 5.75 Å². The van der Waals surface area contributed by atoms with Crippen molar-refractivity contribution in [2.75, 3.05) is 19.7 Å². The Morgan fingerprint density at radius 3 is 3.05 bits per heavy atom. The molecule has 2 rings (SSSR count). The highest BCUT2D eigenvalue weighted by Crippen LogP contribution is 2.12. The summed E-state index contributed by atoms with van der Waals surface area (Å²) in [5.74, 6) is -0.836. The van der Waals surface area contributed by atoms with E-state index >= 15 is 0 Å². The van der Waals surface area contributed by atoms with Gasteiger partial charge in [0.2, 0.25) is 5.91 Å². The van der Waals surface area contributed by atoms with Crippen LogP contribution in [0.4, 0.5) is 0 Å². The smallest absolute Gasteiger partial charge is 0.273 e. The summed E-state index contributed by atoms with van der Waals surface area (Å²) in [6.07, 6.45) is 4.52. The van der Waals surface area contributed by atoms with Gasteiger partial charge in [-0.05, 0) is 31.4 Å². The van der Waals surface area contributed by atoms with Gasteiger partial charge < -0.3 is 10.4 Å². The van der Waals surface area contributed by atoms with E-state index in [1.807, 2.05) is 0 Å². The lowest BCUT2D eigenvalue weighted by Crippen LogP contribution is -2.34. The lowest BCUT2D eigenvalue weighted by molar-refractivity contribution is -0.183. The zero-order valence-electron chi connectivity index (χ0n) is 11.7. The molecule has 0 radical (unpaired) electrons. The Labute approximate surface area is 122 Å². The summed E-state index contributed by atoms with van der Waals surface area (Å²) in [5, 5.41) is 13.4. The number of amides is 2. The fraction of sp³-hybridized carbons (Fsp3) is 0.500. The summed E-state index contributed by atoms with van der Waals surface area (Å²) in [6.45, 7) is 1.32. The zero-order valence-corrected chi connectivity index (χ0v) is 11.7. The third kappa shape index (κ3) is 4.42. The van der Waals surface area contributed by atoms with Gasteiger partial charge in [0.15, 0.2) is 5.69 Å². The summed E-state index contributed by atoms with van der Waals surface area (Å²) >= 11 is 0. The molecule has 0 aliphatic carbocycles. The summed E-state index contributed by atoms with van der Waals surface area (Å²) in [7, 11) is 0. The largest absolute Gasteiger partial charge is 0.505 e. The van der Waals surface area contributed by atoms with Crippen molar-refractivity contribution in [3.8, 4) is 5.75 Å². The van der Waals surface area contributed by atoms with Crippen molar-refractivity contribution in [2.24, 2.45) is 0 Å². The first-order chi connectivity index (χ1) is 10.2. The van der Waals surface area contributed by atoms with E-state index < -0.39 is 5.91 Å². The molecule has 1 fully saturated rings. The van der Waals surface area contributed by atoms with Crippen molar-refractivity contribution in [3.63, 3.8) is 0 Å². The van der Waals surface area contributed by atoms with E-state index in [1.165, 1.54) is 23.4 Å². The Hall–Kier alpha value is -2.15. The Morgan fingerprint density at radius 1 is 1.38 bits per heavy atom.